The molecule has 0 amide bonds. The molecule has 0 saturated carbocycles. The summed E-state index contributed by atoms with van der Waals surface area (Å²) in [6, 6.07) is 10.3. The van der Waals surface area contributed by atoms with Gasteiger partial charge < -0.3 is 10.6 Å². The molecule has 0 aliphatic heterocycles. The largest absolute Gasteiger partial charge is 0.380 e. The zero-order chi connectivity index (χ0) is 13.7. The van der Waals surface area contributed by atoms with Gasteiger partial charge in [-0.1, -0.05) is 27.2 Å². The molecule has 0 atom stereocenters. The van der Waals surface area contributed by atoms with Gasteiger partial charge in [-0.3, -0.25) is 0 Å². The second-order valence-corrected chi connectivity index (χ2v) is 4.57. The Labute approximate surface area is 118 Å². The molecule has 6 heteroatoms. The molecule has 0 spiro atoms. The second kappa shape index (κ2) is 6.10. The summed E-state index contributed by atoms with van der Waals surface area (Å²) in [6.45, 7) is 0. The molecule has 1 aromatic heterocycles. The standard InChI is InChI=1S/C13H10BrN3O2/c14-11-3-1-2-10(8-11)13(18)19-17-12(15)9-4-6-16-7-5-9/h1-8H,(H2,15,17)/p+1. The predicted molar refractivity (Wildman–Crippen MR) is 73.3 cm³/mol. The Bertz CT molecular complexity index is 614. The maximum Gasteiger partial charge on any atom is 0.365 e. The number of benzene rings is 1. The monoisotopic (exact) mass is 320 g/mol. The Morgan fingerprint density at radius 1 is 1.21 bits per heavy atom. The van der Waals surface area contributed by atoms with Crippen molar-refractivity contribution in [2.45, 2.75) is 0 Å². The summed E-state index contributed by atoms with van der Waals surface area (Å²) >= 11 is 3.28. The number of aromatic amines is 1. The van der Waals surface area contributed by atoms with Crippen LogP contribution in [0.2, 0.25) is 0 Å². The van der Waals surface area contributed by atoms with Crippen molar-refractivity contribution in [2.24, 2.45) is 10.9 Å². The van der Waals surface area contributed by atoms with Gasteiger partial charge in [0.1, 0.15) is 0 Å². The minimum atomic E-state index is -0.563. The van der Waals surface area contributed by atoms with Crippen LogP contribution >= 0.6 is 15.9 Å². The van der Waals surface area contributed by atoms with Gasteiger partial charge in [0.15, 0.2) is 18.2 Å². The molecule has 0 unspecified atom stereocenters. The molecule has 1 heterocycles. The quantitative estimate of drug-likeness (QED) is 0.405. The number of pyridine rings is 1. The SMILES string of the molecule is NC(=NOC(=O)c1cccc(Br)c1)c1cc[nH+]cc1. The molecule has 1 aromatic carbocycles. The number of nitrogens with zero attached hydrogens (tertiary/aromatic N) is 1. The van der Waals surface area contributed by atoms with Crippen LogP contribution in [0.25, 0.3) is 0 Å². The first kappa shape index (κ1) is 13.2. The zero-order valence-corrected chi connectivity index (χ0v) is 11.4. The number of rotatable bonds is 3. The topological polar surface area (TPSA) is 78.8 Å². The van der Waals surface area contributed by atoms with Gasteiger partial charge in [-0.05, 0) is 18.2 Å². The first-order valence-corrected chi connectivity index (χ1v) is 6.23. The number of hydrogen-bond donors (Lipinski definition) is 1. The average Bonchev–Trinajstić information content (AvgIpc) is 2.45. The van der Waals surface area contributed by atoms with E-state index in [-0.39, 0.29) is 5.84 Å². The van der Waals surface area contributed by atoms with Crippen LogP contribution in [0.5, 0.6) is 0 Å². The van der Waals surface area contributed by atoms with Crippen molar-refractivity contribution in [1.82, 2.24) is 0 Å². The minimum Gasteiger partial charge on any atom is -0.380 e. The second-order valence-electron chi connectivity index (χ2n) is 3.65. The molecule has 0 aliphatic rings. The molecule has 3 N–H and O–H groups in total. The summed E-state index contributed by atoms with van der Waals surface area (Å²) in [7, 11) is 0. The van der Waals surface area contributed by atoms with Crippen LogP contribution in [0.15, 0.2) is 58.4 Å². The highest BCUT2D eigenvalue weighted by atomic mass is 79.9. The number of nitrogens with two attached hydrogens (primary N) is 1. The molecule has 19 heavy (non-hydrogen) atoms. The lowest BCUT2D eigenvalue weighted by molar-refractivity contribution is -0.378. The Morgan fingerprint density at radius 2 is 1.95 bits per heavy atom. The highest BCUT2D eigenvalue weighted by Crippen LogP contribution is 2.12. The van der Waals surface area contributed by atoms with Gasteiger partial charge in [-0.25, -0.2) is 9.78 Å². The van der Waals surface area contributed by atoms with Crippen LogP contribution < -0.4 is 10.7 Å². The van der Waals surface area contributed by atoms with Gasteiger partial charge in [-0.15, -0.1) is 0 Å². The molecule has 0 saturated heterocycles. The van der Waals surface area contributed by atoms with E-state index in [2.05, 4.69) is 26.1 Å². The normalized spacial score (nSPS) is 11.1. The third kappa shape index (κ3) is 3.62. The fourth-order valence-corrected chi connectivity index (χ4v) is 1.77. The lowest BCUT2D eigenvalue weighted by Gasteiger charge is -2.00. The lowest BCUT2D eigenvalue weighted by atomic mass is 10.2. The Kier molecular flexibility index (Phi) is 4.25. The summed E-state index contributed by atoms with van der Waals surface area (Å²) in [6.07, 6.45) is 3.40. The summed E-state index contributed by atoms with van der Waals surface area (Å²) in [5.41, 5.74) is 6.76. The van der Waals surface area contributed by atoms with Crippen molar-refractivity contribution >= 4 is 27.7 Å². The smallest absolute Gasteiger partial charge is 0.365 e. The Balaban J connectivity index is 2.08. The van der Waals surface area contributed by atoms with Gasteiger partial charge in [0, 0.05) is 22.2 Å². The Hall–Kier alpha value is -2.21. The number of halogens is 1. The molecular formula is C13H11BrN3O2+. The van der Waals surface area contributed by atoms with Crippen LogP contribution in [-0.2, 0) is 4.84 Å². The van der Waals surface area contributed by atoms with E-state index < -0.39 is 5.97 Å². The highest BCUT2D eigenvalue weighted by Gasteiger charge is 2.08. The van der Waals surface area contributed by atoms with Crippen molar-refractivity contribution in [3.63, 3.8) is 0 Å². The number of hydrogen-bond acceptors (Lipinski definition) is 3. The first-order chi connectivity index (χ1) is 9.16. The van der Waals surface area contributed by atoms with E-state index in [0.29, 0.717) is 11.1 Å². The molecule has 0 fully saturated rings. The molecule has 0 radical (unpaired) electrons. The highest BCUT2D eigenvalue weighted by molar-refractivity contribution is 9.10. The number of nitrogens with one attached hydrogen (secondary N) is 1. The van der Waals surface area contributed by atoms with Crippen molar-refractivity contribution in [3.8, 4) is 0 Å². The number of H-pyrrole nitrogens is 1. The number of aromatic nitrogens is 1. The van der Waals surface area contributed by atoms with E-state index in [0.717, 1.165) is 4.47 Å². The van der Waals surface area contributed by atoms with Crippen LogP contribution in [-0.4, -0.2) is 11.8 Å². The van der Waals surface area contributed by atoms with Gasteiger partial charge in [0.25, 0.3) is 0 Å². The summed E-state index contributed by atoms with van der Waals surface area (Å²) < 4.78 is 0.789. The number of carbonyl (C=O) groups is 1. The molecule has 0 aliphatic carbocycles. The molecule has 96 valence electrons. The zero-order valence-electron chi connectivity index (χ0n) is 9.84. The predicted octanol–water partition coefficient (Wildman–Crippen LogP) is 1.74. The van der Waals surface area contributed by atoms with Crippen LogP contribution in [0.1, 0.15) is 15.9 Å². The fraction of sp³-hybridized carbons (Fsp3) is 0. The Morgan fingerprint density at radius 3 is 2.63 bits per heavy atom. The maximum atomic E-state index is 11.7. The average molecular weight is 321 g/mol. The number of oxime groups is 1. The van der Waals surface area contributed by atoms with E-state index in [1.54, 1.807) is 42.7 Å². The molecule has 2 aromatic rings. The van der Waals surface area contributed by atoms with E-state index >= 15 is 0 Å². The molecule has 2 rings (SSSR count). The third-order valence-electron chi connectivity index (χ3n) is 2.30. The number of carbonyl (C=O) groups excluding carboxylic acids is 1. The maximum absolute atomic E-state index is 11.7. The molecular weight excluding hydrogens is 310 g/mol. The van der Waals surface area contributed by atoms with Gasteiger partial charge in [0.05, 0.1) is 5.56 Å². The number of amidine groups is 1. The van der Waals surface area contributed by atoms with Gasteiger partial charge in [-0.2, -0.15) is 0 Å². The minimum absolute atomic E-state index is 0.136. The van der Waals surface area contributed by atoms with Gasteiger partial charge >= 0.3 is 5.97 Å². The fourth-order valence-electron chi connectivity index (χ4n) is 1.37. The van der Waals surface area contributed by atoms with E-state index in [4.69, 9.17) is 10.6 Å². The van der Waals surface area contributed by atoms with Gasteiger partial charge in [0.2, 0.25) is 0 Å². The van der Waals surface area contributed by atoms with E-state index in [1.807, 2.05) is 6.07 Å². The van der Waals surface area contributed by atoms with Crippen molar-refractivity contribution in [3.05, 3.63) is 64.4 Å². The van der Waals surface area contributed by atoms with E-state index in [9.17, 15) is 4.79 Å². The molecule has 0 bridgehead atoms. The summed E-state index contributed by atoms with van der Waals surface area (Å²) in [5, 5.41) is 3.62. The van der Waals surface area contributed by atoms with Crippen LogP contribution in [0.4, 0.5) is 0 Å². The van der Waals surface area contributed by atoms with Crippen molar-refractivity contribution in [1.29, 1.82) is 0 Å². The van der Waals surface area contributed by atoms with E-state index in [1.165, 1.54) is 0 Å². The summed E-state index contributed by atoms with van der Waals surface area (Å²) in [4.78, 5) is 19.4. The third-order valence-corrected chi connectivity index (χ3v) is 2.79. The summed E-state index contributed by atoms with van der Waals surface area (Å²) in [5.74, 6) is -0.427. The van der Waals surface area contributed by atoms with Crippen LogP contribution in [0.3, 0.4) is 0 Å². The molecule has 5 nitrogen and oxygen atoms in total. The lowest BCUT2D eigenvalue weighted by Crippen LogP contribution is -2.16. The van der Waals surface area contributed by atoms with Crippen LogP contribution in [0, 0.1) is 0 Å². The first-order valence-electron chi connectivity index (χ1n) is 5.43. The van der Waals surface area contributed by atoms with Crippen molar-refractivity contribution < 1.29 is 14.6 Å². The van der Waals surface area contributed by atoms with Crippen molar-refractivity contribution in [2.75, 3.05) is 0 Å².